The van der Waals surface area contributed by atoms with E-state index in [1.165, 1.54) is 17.3 Å². The Morgan fingerprint density at radius 2 is 1.88 bits per heavy atom. The minimum absolute atomic E-state index is 0.139. The second kappa shape index (κ2) is 9.79. The van der Waals surface area contributed by atoms with Crippen LogP contribution < -0.4 is 9.64 Å². The summed E-state index contributed by atoms with van der Waals surface area (Å²) < 4.78 is 7.45. The predicted octanol–water partition coefficient (Wildman–Crippen LogP) is 7.70. The van der Waals surface area contributed by atoms with Crippen molar-refractivity contribution in [3.05, 3.63) is 97.3 Å². The molecule has 1 aliphatic heterocycles. The van der Waals surface area contributed by atoms with Crippen molar-refractivity contribution in [2.75, 3.05) is 4.90 Å². The van der Waals surface area contributed by atoms with Crippen LogP contribution in [0.15, 0.2) is 70.0 Å². The number of anilines is 1. The third-order valence-electron chi connectivity index (χ3n) is 5.14. The van der Waals surface area contributed by atoms with Crippen molar-refractivity contribution in [3.63, 3.8) is 0 Å². The lowest BCUT2D eigenvalue weighted by Gasteiger charge is -2.16. The Kier molecular flexibility index (Phi) is 7.05. The Hall–Kier alpha value is -2.12. The number of carbonyl (C=O) groups is 1. The number of amides is 1. The fraction of sp³-hybridized carbons (Fsp3) is 0.120. The SMILES string of the molecule is Cc1ccc(N2C(=O)/C(=C\c3cc(Br)ccc3OCc3ccccc3Cl)SC2=S)cc1C. The zero-order valence-electron chi connectivity index (χ0n) is 17.4. The van der Waals surface area contributed by atoms with Crippen LogP contribution in [0.2, 0.25) is 5.02 Å². The van der Waals surface area contributed by atoms with Crippen LogP contribution in [-0.4, -0.2) is 10.2 Å². The van der Waals surface area contributed by atoms with Gasteiger partial charge in [0.15, 0.2) is 4.32 Å². The molecule has 0 aromatic heterocycles. The summed E-state index contributed by atoms with van der Waals surface area (Å²) in [4.78, 5) is 15.4. The Bertz CT molecular complexity index is 1260. The molecule has 0 bridgehead atoms. The third-order valence-corrected chi connectivity index (χ3v) is 7.31. The molecule has 0 saturated carbocycles. The maximum Gasteiger partial charge on any atom is 0.270 e. The van der Waals surface area contributed by atoms with Crippen LogP contribution in [0.25, 0.3) is 6.08 Å². The number of benzene rings is 3. The summed E-state index contributed by atoms with van der Waals surface area (Å²) in [7, 11) is 0. The van der Waals surface area contributed by atoms with E-state index in [2.05, 4.69) is 15.9 Å². The summed E-state index contributed by atoms with van der Waals surface area (Å²) in [5.41, 5.74) is 4.74. The van der Waals surface area contributed by atoms with Gasteiger partial charge in [0.05, 0.1) is 10.6 Å². The molecule has 1 aliphatic rings. The lowest BCUT2D eigenvalue weighted by molar-refractivity contribution is -0.113. The number of aryl methyl sites for hydroxylation is 2. The Morgan fingerprint density at radius 1 is 1.09 bits per heavy atom. The first-order chi connectivity index (χ1) is 15.3. The van der Waals surface area contributed by atoms with Gasteiger partial charge in [-0.2, -0.15) is 0 Å². The summed E-state index contributed by atoms with van der Waals surface area (Å²) >= 11 is 16.6. The van der Waals surface area contributed by atoms with Gasteiger partial charge in [0.2, 0.25) is 0 Å². The summed E-state index contributed by atoms with van der Waals surface area (Å²) in [6, 6.07) is 19.2. The number of hydrogen-bond donors (Lipinski definition) is 0. The van der Waals surface area contributed by atoms with Crippen LogP contribution >= 0.6 is 51.5 Å². The van der Waals surface area contributed by atoms with E-state index in [1.54, 1.807) is 4.90 Å². The first kappa shape index (κ1) is 23.1. The molecule has 0 spiro atoms. The summed E-state index contributed by atoms with van der Waals surface area (Å²) in [6.45, 7) is 4.39. The minimum Gasteiger partial charge on any atom is -0.488 e. The Balaban J connectivity index is 1.62. The largest absolute Gasteiger partial charge is 0.488 e. The van der Waals surface area contributed by atoms with Crippen molar-refractivity contribution in [2.45, 2.75) is 20.5 Å². The lowest BCUT2D eigenvalue weighted by atomic mass is 10.1. The highest BCUT2D eigenvalue weighted by Crippen LogP contribution is 2.38. The molecule has 3 aromatic rings. The highest BCUT2D eigenvalue weighted by Gasteiger charge is 2.33. The van der Waals surface area contributed by atoms with Crippen LogP contribution in [0.3, 0.4) is 0 Å². The van der Waals surface area contributed by atoms with Crippen LogP contribution in [0.4, 0.5) is 5.69 Å². The molecule has 0 N–H and O–H groups in total. The Labute approximate surface area is 210 Å². The van der Waals surface area contributed by atoms with E-state index in [9.17, 15) is 4.79 Å². The van der Waals surface area contributed by atoms with Gasteiger partial charge in [-0.15, -0.1) is 0 Å². The first-order valence-electron chi connectivity index (χ1n) is 9.84. The molecule has 3 nitrogen and oxygen atoms in total. The van der Waals surface area contributed by atoms with Crippen LogP contribution in [0.5, 0.6) is 5.75 Å². The standard InChI is InChI=1S/C25H19BrClNO2S2/c1-15-7-9-20(11-16(15)2)28-24(29)23(32-25(28)31)13-18-12-19(26)8-10-22(18)30-14-17-5-3-4-6-21(17)27/h3-13H,14H2,1-2H3/b23-13+. The topological polar surface area (TPSA) is 29.5 Å². The van der Waals surface area contributed by atoms with E-state index >= 15 is 0 Å². The van der Waals surface area contributed by atoms with Gasteiger partial charge < -0.3 is 4.74 Å². The molecule has 4 rings (SSSR count). The highest BCUT2D eigenvalue weighted by molar-refractivity contribution is 9.10. The average Bonchev–Trinajstić information content (AvgIpc) is 3.03. The van der Waals surface area contributed by atoms with Crippen molar-refractivity contribution in [3.8, 4) is 5.75 Å². The van der Waals surface area contributed by atoms with Gasteiger partial charge in [-0.25, -0.2) is 0 Å². The Morgan fingerprint density at radius 3 is 2.62 bits per heavy atom. The van der Waals surface area contributed by atoms with Crippen molar-refractivity contribution >= 4 is 73.5 Å². The van der Waals surface area contributed by atoms with E-state index in [-0.39, 0.29) is 5.91 Å². The third kappa shape index (κ3) is 4.94. The fourth-order valence-electron chi connectivity index (χ4n) is 3.23. The minimum atomic E-state index is -0.139. The molecule has 32 heavy (non-hydrogen) atoms. The zero-order chi connectivity index (χ0) is 22.8. The van der Waals surface area contributed by atoms with Crippen molar-refractivity contribution in [2.24, 2.45) is 0 Å². The summed E-state index contributed by atoms with van der Waals surface area (Å²) in [5, 5.41) is 0.653. The highest BCUT2D eigenvalue weighted by atomic mass is 79.9. The smallest absolute Gasteiger partial charge is 0.270 e. The quantitative estimate of drug-likeness (QED) is 0.243. The van der Waals surface area contributed by atoms with Gasteiger partial charge in [-0.1, -0.05) is 75.8 Å². The normalized spacial score (nSPS) is 15.0. The first-order valence-corrected chi connectivity index (χ1v) is 12.2. The maximum atomic E-state index is 13.2. The molecule has 1 saturated heterocycles. The van der Waals surface area contributed by atoms with Crippen molar-refractivity contribution < 1.29 is 9.53 Å². The van der Waals surface area contributed by atoms with Gasteiger partial charge in [-0.05, 0) is 67.4 Å². The number of hydrogen-bond acceptors (Lipinski definition) is 4. The molecule has 0 aliphatic carbocycles. The molecule has 162 valence electrons. The number of rotatable bonds is 5. The number of thiocarbonyl (C=S) groups is 1. The van der Waals surface area contributed by atoms with Crippen molar-refractivity contribution in [1.29, 1.82) is 0 Å². The number of carbonyl (C=O) groups excluding carboxylic acids is 1. The molecule has 1 fully saturated rings. The van der Waals surface area contributed by atoms with E-state index < -0.39 is 0 Å². The van der Waals surface area contributed by atoms with Gasteiger partial charge in [0.25, 0.3) is 5.91 Å². The predicted molar refractivity (Wildman–Crippen MR) is 141 cm³/mol. The number of ether oxygens (including phenoxy) is 1. The van der Waals surface area contributed by atoms with Crippen molar-refractivity contribution in [1.82, 2.24) is 0 Å². The molecule has 0 atom stereocenters. The van der Waals surface area contributed by atoms with Gasteiger partial charge in [0.1, 0.15) is 12.4 Å². The summed E-state index contributed by atoms with van der Waals surface area (Å²) in [6.07, 6.45) is 1.83. The van der Waals surface area contributed by atoms with Crippen LogP contribution in [0.1, 0.15) is 22.3 Å². The number of nitrogens with zero attached hydrogens (tertiary/aromatic N) is 1. The van der Waals surface area contributed by atoms with E-state index in [0.29, 0.717) is 26.6 Å². The molecule has 3 aromatic carbocycles. The molecule has 7 heteroatoms. The fourth-order valence-corrected chi connectivity index (χ4v) is 5.09. The van der Waals surface area contributed by atoms with E-state index in [0.717, 1.165) is 26.9 Å². The van der Waals surface area contributed by atoms with Gasteiger partial charge in [0, 0.05) is 20.6 Å². The zero-order valence-corrected chi connectivity index (χ0v) is 21.4. The van der Waals surface area contributed by atoms with Gasteiger partial charge >= 0.3 is 0 Å². The second-order valence-corrected chi connectivity index (χ2v) is 10.3. The van der Waals surface area contributed by atoms with E-state index in [4.69, 9.17) is 28.6 Å². The lowest BCUT2D eigenvalue weighted by Crippen LogP contribution is -2.27. The molecular formula is C25H19BrClNO2S2. The molecule has 0 radical (unpaired) electrons. The molecular weight excluding hydrogens is 526 g/mol. The van der Waals surface area contributed by atoms with Crippen LogP contribution in [-0.2, 0) is 11.4 Å². The monoisotopic (exact) mass is 543 g/mol. The number of thioether (sulfide) groups is 1. The maximum absolute atomic E-state index is 13.2. The summed E-state index contributed by atoms with van der Waals surface area (Å²) in [5.74, 6) is 0.518. The van der Waals surface area contributed by atoms with Crippen LogP contribution in [0, 0.1) is 13.8 Å². The van der Waals surface area contributed by atoms with Gasteiger partial charge in [-0.3, -0.25) is 9.69 Å². The molecule has 1 heterocycles. The molecule has 0 unspecified atom stereocenters. The molecule has 1 amide bonds. The van der Waals surface area contributed by atoms with E-state index in [1.807, 2.05) is 80.6 Å². The number of halogens is 2. The average molecular weight is 545 g/mol. The second-order valence-electron chi connectivity index (χ2n) is 7.35.